The van der Waals surface area contributed by atoms with Crippen LogP contribution in [0.3, 0.4) is 0 Å². The first-order chi connectivity index (χ1) is 5.50. The van der Waals surface area contributed by atoms with Crippen molar-refractivity contribution in [2.45, 2.75) is 34.5 Å². The molecule has 0 aliphatic rings. The van der Waals surface area contributed by atoms with Crippen LogP contribution < -0.4 is 0 Å². The highest BCUT2D eigenvalue weighted by atomic mass is 14.1. The third-order valence-electron chi connectivity index (χ3n) is 2.04. The molecule has 0 aliphatic carbocycles. The Morgan fingerprint density at radius 2 is 1.67 bits per heavy atom. The Labute approximate surface area is 78.0 Å². The zero-order valence-corrected chi connectivity index (χ0v) is 9.02. The molecule has 0 N–H and O–H groups in total. The van der Waals surface area contributed by atoms with E-state index >= 15 is 0 Å². The van der Waals surface area contributed by atoms with Gasteiger partial charge in [-0.15, -0.1) is 5.98 Å². The quantitative estimate of drug-likeness (QED) is 0.439. The second-order valence-electron chi connectivity index (χ2n) is 3.79. The van der Waals surface area contributed by atoms with Gasteiger partial charge in [-0.3, -0.25) is 0 Å². The molecule has 0 amide bonds. The SMILES string of the molecule is C=C(/C(=C\[B]C)C(C)C)C(C)C. The molecule has 0 heterocycles. The number of hydrogen-bond donors (Lipinski definition) is 0. The average Bonchev–Trinajstić information content (AvgIpc) is 1.98. The minimum atomic E-state index is 0.554. The summed E-state index contributed by atoms with van der Waals surface area (Å²) in [5, 5.41) is 0. The van der Waals surface area contributed by atoms with Gasteiger partial charge in [-0.05, 0) is 11.8 Å². The second kappa shape index (κ2) is 5.24. The highest BCUT2D eigenvalue weighted by molar-refractivity contribution is 6.40. The van der Waals surface area contributed by atoms with Crippen molar-refractivity contribution >= 4 is 7.28 Å². The second-order valence-corrected chi connectivity index (χ2v) is 3.79. The Hall–Kier alpha value is -0.455. The molecule has 0 rings (SSSR count). The molecule has 0 saturated carbocycles. The van der Waals surface area contributed by atoms with Crippen LogP contribution in [0.5, 0.6) is 0 Å². The maximum atomic E-state index is 4.11. The van der Waals surface area contributed by atoms with Crippen molar-refractivity contribution < 1.29 is 0 Å². The molecule has 0 saturated heterocycles. The topological polar surface area (TPSA) is 0 Å². The van der Waals surface area contributed by atoms with Crippen molar-refractivity contribution in [3.63, 3.8) is 0 Å². The summed E-state index contributed by atoms with van der Waals surface area (Å²) in [4.78, 5) is 0. The monoisotopic (exact) mass is 163 g/mol. The van der Waals surface area contributed by atoms with E-state index in [9.17, 15) is 0 Å². The molecule has 0 aromatic rings. The average molecular weight is 163 g/mol. The van der Waals surface area contributed by atoms with Crippen LogP contribution in [0.15, 0.2) is 23.7 Å². The van der Waals surface area contributed by atoms with Crippen LogP contribution in [-0.4, -0.2) is 7.28 Å². The van der Waals surface area contributed by atoms with Gasteiger partial charge >= 0.3 is 0 Å². The standard InChI is InChI=1S/C11H20B/c1-8(2)10(5)11(7-12-6)9(3)4/h7-9H,5H2,1-4,6H3/b11-7-. The first-order valence-electron chi connectivity index (χ1n) is 4.69. The highest BCUT2D eigenvalue weighted by Crippen LogP contribution is 2.23. The Balaban J connectivity index is 4.53. The molecule has 0 fully saturated rings. The first-order valence-corrected chi connectivity index (χ1v) is 4.69. The van der Waals surface area contributed by atoms with E-state index in [4.69, 9.17) is 0 Å². The summed E-state index contributed by atoms with van der Waals surface area (Å²) in [6.45, 7) is 15.0. The third kappa shape index (κ3) is 3.29. The number of allylic oxidation sites excluding steroid dienone is 2. The number of rotatable bonds is 4. The van der Waals surface area contributed by atoms with Crippen molar-refractivity contribution in [3.05, 3.63) is 23.7 Å². The van der Waals surface area contributed by atoms with Gasteiger partial charge in [-0.1, -0.05) is 52.2 Å². The largest absolute Gasteiger partial charge is 0.138 e. The summed E-state index contributed by atoms with van der Waals surface area (Å²) in [6.07, 6.45) is 0. The van der Waals surface area contributed by atoms with E-state index < -0.39 is 0 Å². The fourth-order valence-electron chi connectivity index (χ4n) is 1.18. The molecule has 0 atom stereocenters. The van der Waals surface area contributed by atoms with Gasteiger partial charge in [0.1, 0.15) is 7.28 Å². The summed E-state index contributed by atoms with van der Waals surface area (Å²) in [7, 11) is 2.09. The molecule has 0 unspecified atom stereocenters. The summed E-state index contributed by atoms with van der Waals surface area (Å²) >= 11 is 0. The van der Waals surface area contributed by atoms with E-state index in [0.717, 1.165) is 0 Å². The van der Waals surface area contributed by atoms with Gasteiger partial charge in [0.15, 0.2) is 0 Å². The lowest BCUT2D eigenvalue weighted by molar-refractivity contribution is 0.706. The molecule has 0 aromatic carbocycles. The Kier molecular flexibility index (Phi) is 5.04. The summed E-state index contributed by atoms with van der Waals surface area (Å²) < 4.78 is 0. The summed E-state index contributed by atoms with van der Waals surface area (Å²) in [5.74, 6) is 3.31. The van der Waals surface area contributed by atoms with E-state index in [1.807, 2.05) is 0 Å². The Bertz CT molecular complexity index is 175. The van der Waals surface area contributed by atoms with Gasteiger partial charge < -0.3 is 0 Å². The predicted molar refractivity (Wildman–Crippen MR) is 58.5 cm³/mol. The molecule has 67 valence electrons. The van der Waals surface area contributed by atoms with Crippen LogP contribution in [-0.2, 0) is 0 Å². The van der Waals surface area contributed by atoms with Crippen LogP contribution in [0.4, 0.5) is 0 Å². The van der Waals surface area contributed by atoms with Crippen molar-refractivity contribution in [3.8, 4) is 0 Å². The maximum Gasteiger partial charge on any atom is 0.138 e. The van der Waals surface area contributed by atoms with Gasteiger partial charge in [0.2, 0.25) is 0 Å². The van der Waals surface area contributed by atoms with Gasteiger partial charge in [-0.2, -0.15) is 0 Å². The van der Waals surface area contributed by atoms with Crippen LogP contribution in [0.25, 0.3) is 0 Å². The number of hydrogen-bond acceptors (Lipinski definition) is 0. The van der Waals surface area contributed by atoms with Crippen molar-refractivity contribution in [2.75, 3.05) is 0 Å². The predicted octanol–water partition coefficient (Wildman–Crippen LogP) is 3.49. The van der Waals surface area contributed by atoms with E-state index in [1.54, 1.807) is 0 Å². The molecule has 0 aliphatic heterocycles. The normalized spacial score (nSPS) is 12.4. The van der Waals surface area contributed by atoms with Gasteiger partial charge in [0, 0.05) is 0 Å². The van der Waals surface area contributed by atoms with Crippen LogP contribution in [0.2, 0.25) is 6.82 Å². The molecule has 1 radical (unpaired) electrons. The van der Waals surface area contributed by atoms with Crippen molar-refractivity contribution in [1.82, 2.24) is 0 Å². The fraction of sp³-hybridized carbons (Fsp3) is 0.636. The molecule has 12 heavy (non-hydrogen) atoms. The smallest absolute Gasteiger partial charge is 0.119 e. The molecule has 1 heteroatoms. The summed E-state index contributed by atoms with van der Waals surface area (Å²) in [5.41, 5.74) is 2.65. The van der Waals surface area contributed by atoms with Crippen molar-refractivity contribution in [2.24, 2.45) is 11.8 Å². The third-order valence-corrected chi connectivity index (χ3v) is 2.04. The van der Waals surface area contributed by atoms with Crippen LogP contribution >= 0.6 is 0 Å². The first kappa shape index (κ1) is 11.5. The zero-order valence-electron chi connectivity index (χ0n) is 9.02. The van der Waals surface area contributed by atoms with Crippen LogP contribution in [0.1, 0.15) is 27.7 Å². The zero-order chi connectivity index (χ0) is 9.72. The van der Waals surface area contributed by atoms with E-state index in [2.05, 4.69) is 54.4 Å². The van der Waals surface area contributed by atoms with Gasteiger partial charge in [0.25, 0.3) is 0 Å². The molecule has 0 bridgehead atoms. The van der Waals surface area contributed by atoms with Crippen molar-refractivity contribution in [1.29, 1.82) is 0 Å². The molecule has 0 nitrogen and oxygen atoms in total. The Morgan fingerprint density at radius 3 is 1.92 bits per heavy atom. The molecular formula is C11H20B. The minimum absolute atomic E-state index is 0.554. The minimum Gasteiger partial charge on any atom is -0.119 e. The van der Waals surface area contributed by atoms with E-state index in [-0.39, 0.29) is 0 Å². The lowest BCUT2D eigenvalue weighted by Gasteiger charge is -2.17. The molecule has 0 spiro atoms. The summed E-state index contributed by atoms with van der Waals surface area (Å²) in [6, 6.07) is 0. The lowest BCUT2D eigenvalue weighted by atomic mass is 9.75. The van der Waals surface area contributed by atoms with Gasteiger partial charge in [0.05, 0.1) is 0 Å². The van der Waals surface area contributed by atoms with Gasteiger partial charge in [-0.25, -0.2) is 0 Å². The molecule has 0 aromatic heterocycles. The van der Waals surface area contributed by atoms with E-state index in [1.165, 1.54) is 11.1 Å². The molecular weight excluding hydrogens is 143 g/mol. The Morgan fingerprint density at radius 1 is 1.17 bits per heavy atom. The van der Waals surface area contributed by atoms with E-state index in [0.29, 0.717) is 11.8 Å². The fourth-order valence-corrected chi connectivity index (χ4v) is 1.18. The highest BCUT2D eigenvalue weighted by Gasteiger charge is 2.09. The lowest BCUT2D eigenvalue weighted by Crippen LogP contribution is -2.04. The van der Waals surface area contributed by atoms with Crippen LogP contribution in [0, 0.1) is 11.8 Å². The maximum absolute atomic E-state index is 4.11.